The molecule has 0 aliphatic heterocycles. The monoisotopic (exact) mass is 415 g/mol. The number of aromatic nitrogens is 2. The van der Waals surface area contributed by atoms with Crippen molar-refractivity contribution in [2.75, 3.05) is 7.11 Å². The molecule has 6 heteroatoms. The van der Waals surface area contributed by atoms with Crippen LogP contribution < -0.4 is 10.1 Å². The molecule has 0 fully saturated rings. The van der Waals surface area contributed by atoms with E-state index >= 15 is 0 Å². The molecule has 2 heterocycles. The summed E-state index contributed by atoms with van der Waals surface area (Å²) in [4.78, 5) is 17.3. The van der Waals surface area contributed by atoms with E-state index in [0.717, 1.165) is 28.3 Å². The van der Waals surface area contributed by atoms with Gasteiger partial charge in [-0.05, 0) is 61.5 Å². The maximum atomic E-state index is 13.5. The quantitative estimate of drug-likeness (QED) is 0.486. The van der Waals surface area contributed by atoms with Gasteiger partial charge in [0.2, 0.25) is 0 Å². The number of hydrogen-bond donors (Lipinski definition) is 1. The Labute approximate surface area is 180 Å². The Hall–Kier alpha value is -3.93. The molecule has 0 radical (unpaired) electrons. The molecule has 0 aliphatic carbocycles. The van der Waals surface area contributed by atoms with Gasteiger partial charge in [-0.1, -0.05) is 18.2 Å². The lowest BCUT2D eigenvalue weighted by Crippen LogP contribution is -2.23. The normalized spacial score (nSPS) is 10.7. The summed E-state index contributed by atoms with van der Waals surface area (Å²) in [5, 5.41) is 2.93. The van der Waals surface area contributed by atoms with E-state index < -0.39 is 0 Å². The van der Waals surface area contributed by atoms with E-state index in [-0.39, 0.29) is 11.7 Å². The number of benzene rings is 2. The van der Waals surface area contributed by atoms with E-state index in [1.807, 2.05) is 60.0 Å². The van der Waals surface area contributed by atoms with Crippen LogP contribution in [0.2, 0.25) is 0 Å². The summed E-state index contributed by atoms with van der Waals surface area (Å²) in [5.41, 5.74) is 4.53. The number of carbonyl (C=O) groups is 1. The Morgan fingerprint density at radius 2 is 1.87 bits per heavy atom. The van der Waals surface area contributed by atoms with E-state index in [0.29, 0.717) is 17.9 Å². The van der Waals surface area contributed by atoms with Crippen LogP contribution in [0.15, 0.2) is 79.0 Å². The third kappa shape index (κ3) is 4.33. The zero-order chi connectivity index (χ0) is 21.8. The molecular weight excluding hydrogens is 393 g/mol. The molecule has 0 saturated carbocycles. The van der Waals surface area contributed by atoms with Crippen LogP contribution in [-0.4, -0.2) is 22.6 Å². The molecule has 0 bridgehead atoms. The highest BCUT2D eigenvalue weighted by molar-refractivity contribution is 5.97. The van der Waals surface area contributed by atoms with Crippen molar-refractivity contribution in [2.45, 2.75) is 13.5 Å². The van der Waals surface area contributed by atoms with Crippen molar-refractivity contribution in [1.82, 2.24) is 14.9 Å². The second-order valence-electron chi connectivity index (χ2n) is 7.08. The van der Waals surface area contributed by atoms with Crippen molar-refractivity contribution >= 4 is 5.91 Å². The molecule has 0 saturated heterocycles. The molecule has 2 aromatic heterocycles. The maximum absolute atomic E-state index is 13.5. The third-order valence-corrected chi connectivity index (χ3v) is 5.10. The summed E-state index contributed by atoms with van der Waals surface area (Å²) in [6, 6.07) is 21.2. The standard InChI is InChI=1S/C25H22FN3O2/c1-17-23(25(30)28-16-20-7-3-4-13-27-20)15-24(18-6-5-8-22(14-18)31-2)29(17)21-11-9-19(26)10-12-21/h3-15H,16H2,1-2H3,(H,28,30). The molecule has 4 aromatic rings. The summed E-state index contributed by atoms with van der Waals surface area (Å²) >= 11 is 0. The van der Waals surface area contributed by atoms with Crippen LogP contribution in [0, 0.1) is 12.7 Å². The first-order valence-electron chi connectivity index (χ1n) is 9.87. The minimum Gasteiger partial charge on any atom is -0.497 e. The molecule has 156 valence electrons. The van der Waals surface area contributed by atoms with Gasteiger partial charge in [0, 0.05) is 23.1 Å². The van der Waals surface area contributed by atoms with Gasteiger partial charge in [0.15, 0.2) is 0 Å². The van der Waals surface area contributed by atoms with Crippen LogP contribution in [0.25, 0.3) is 16.9 Å². The van der Waals surface area contributed by atoms with Crippen LogP contribution in [0.1, 0.15) is 21.7 Å². The number of carbonyl (C=O) groups excluding carboxylic acids is 1. The average molecular weight is 415 g/mol. The van der Waals surface area contributed by atoms with Crippen LogP contribution >= 0.6 is 0 Å². The number of rotatable bonds is 6. The molecular formula is C25H22FN3O2. The zero-order valence-electron chi connectivity index (χ0n) is 17.3. The predicted molar refractivity (Wildman–Crippen MR) is 118 cm³/mol. The van der Waals surface area contributed by atoms with Gasteiger partial charge in [-0.2, -0.15) is 0 Å². The summed E-state index contributed by atoms with van der Waals surface area (Å²) in [5.74, 6) is 0.196. The van der Waals surface area contributed by atoms with Crippen molar-refractivity contribution in [3.63, 3.8) is 0 Å². The Morgan fingerprint density at radius 1 is 1.06 bits per heavy atom. The van der Waals surface area contributed by atoms with E-state index in [1.165, 1.54) is 12.1 Å². The van der Waals surface area contributed by atoms with Crippen LogP contribution in [0.3, 0.4) is 0 Å². The Bertz CT molecular complexity index is 1200. The number of nitrogens with zero attached hydrogens (tertiary/aromatic N) is 2. The molecule has 4 rings (SSSR count). The number of nitrogens with one attached hydrogen (secondary N) is 1. The van der Waals surface area contributed by atoms with Crippen LogP contribution in [0.5, 0.6) is 5.75 Å². The van der Waals surface area contributed by atoms with Gasteiger partial charge in [-0.15, -0.1) is 0 Å². The number of pyridine rings is 1. The smallest absolute Gasteiger partial charge is 0.253 e. The third-order valence-electron chi connectivity index (χ3n) is 5.10. The van der Waals surface area contributed by atoms with E-state index in [9.17, 15) is 9.18 Å². The fourth-order valence-electron chi connectivity index (χ4n) is 3.52. The molecule has 31 heavy (non-hydrogen) atoms. The van der Waals surface area contributed by atoms with Crippen molar-refractivity contribution in [3.8, 4) is 22.7 Å². The zero-order valence-corrected chi connectivity index (χ0v) is 17.3. The fourth-order valence-corrected chi connectivity index (χ4v) is 3.52. The first kappa shape index (κ1) is 20.3. The summed E-state index contributed by atoms with van der Waals surface area (Å²) in [6.45, 7) is 2.21. The molecule has 0 aliphatic rings. The van der Waals surface area contributed by atoms with Gasteiger partial charge in [0.25, 0.3) is 5.91 Å². The van der Waals surface area contributed by atoms with E-state index in [1.54, 1.807) is 25.4 Å². The highest BCUT2D eigenvalue weighted by Gasteiger charge is 2.20. The summed E-state index contributed by atoms with van der Waals surface area (Å²) < 4.78 is 20.8. The van der Waals surface area contributed by atoms with Crippen molar-refractivity contribution in [3.05, 3.63) is 102 Å². The van der Waals surface area contributed by atoms with Gasteiger partial charge in [0.1, 0.15) is 11.6 Å². The van der Waals surface area contributed by atoms with E-state index in [4.69, 9.17) is 4.74 Å². The van der Waals surface area contributed by atoms with Crippen molar-refractivity contribution < 1.29 is 13.9 Å². The number of ether oxygens (including phenoxy) is 1. The second-order valence-corrected chi connectivity index (χ2v) is 7.08. The Kier molecular flexibility index (Phi) is 5.80. The maximum Gasteiger partial charge on any atom is 0.253 e. The number of methoxy groups -OCH3 is 1. The lowest BCUT2D eigenvalue weighted by molar-refractivity contribution is 0.0950. The minimum absolute atomic E-state index is 0.201. The molecule has 0 spiro atoms. The highest BCUT2D eigenvalue weighted by Crippen LogP contribution is 2.31. The molecule has 1 amide bonds. The lowest BCUT2D eigenvalue weighted by atomic mass is 10.1. The van der Waals surface area contributed by atoms with Gasteiger partial charge in [-0.25, -0.2) is 4.39 Å². The first-order valence-corrected chi connectivity index (χ1v) is 9.87. The largest absolute Gasteiger partial charge is 0.497 e. The number of halogens is 1. The van der Waals surface area contributed by atoms with Gasteiger partial charge in [0.05, 0.1) is 30.6 Å². The topological polar surface area (TPSA) is 56.1 Å². The number of amides is 1. The van der Waals surface area contributed by atoms with Gasteiger partial charge < -0.3 is 14.6 Å². The second kappa shape index (κ2) is 8.83. The molecule has 1 N–H and O–H groups in total. The first-order chi connectivity index (χ1) is 15.1. The Balaban J connectivity index is 1.76. The average Bonchev–Trinajstić information content (AvgIpc) is 3.16. The fraction of sp³-hybridized carbons (Fsp3) is 0.120. The molecule has 0 unspecified atom stereocenters. The summed E-state index contributed by atoms with van der Waals surface area (Å²) in [7, 11) is 1.61. The predicted octanol–water partition coefficient (Wildman–Crippen LogP) is 4.93. The van der Waals surface area contributed by atoms with Crippen LogP contribution in [-0.2, 0) is 6.54 Å². The molecule has 5 nitrogen and oxygen atoms in total. The minimum atomic E-state index is -0.315. The summed E-state index contributed by atoms with van der Waals surface area (Å²) in [6.07, 6.45) is 1.69. The SMILES string of the molecule is COc1cccc(-c2cc(C(=O)NCc3ccccn3)c(C)n2-c2ccc(F)cc2)c1. The van der Waals surface area contributed by atoms with Crippen molar-refractivity contribution in [1.29, 1.82) is 0 Å². The van der Waals surface area contributed by atoms with Gasteiger partial charge in [-0.3, -0.25) is 9.78 Å². The molecule has 2 aromatic carbocycles. The number of hydrogen-bond acceptors (Lipinski definition) is 3. The van der Waals surface area contributed by atoms with Crippen LogP contribution in [0.4, 0.5) is 4.39 Å². The molecule has 0 atom stereocenters. The lowest BCUT2D eigenvalue weighted by Gasteiger charge is -2.13. The van der Waals surface area contributed by atoms with Crippen molar-refractivity contribution in [2.24, 2.45) is 0 Å². The Morgan fingerprint density at radius 3 is 2.58 bits per heavy atom. The highest BCUT2D eigenvalue weighted by atomic mass is 19.1. The van der Waals surface area contributed by atoms with Gasteiger partial charge >= 0.3 is 0 Å². The van der Waals surface area contributed by atoms with E-state index in [2.05, 4.69) is 10.3 Å².